The summed E-state index contributed by atoms with van der Waals surface area (Å²) in [5, 5.41) is 8.91. The molecular formula is C17H14Cl2N4OS. The van der Waals surface area contributed by atoms with Crippen LogP contribution in [0.4, 0.5) is 5.82 Å². The van der Waals surface area contributed by atoms with Gasteiger partial charge in [0.1, 0.15) is 10.8 Å². The second kappa shape index (κ2) is 8.38. The number of aromatic nitrogens is 3. The first-order valence-electron chi connectivity index (χ1n) is 7.42. The van der Waals surface area contributed by atoms with Gasteiger partial charge in [0, 0.05) is 17.3 Å². The number of hydrogen-bond acceptors (Lipinski definition) is 4. The molecule has 0 unspecified atom stereocenters. The monoisotopic (exact) mass is 392 g/mol. The fourth-order valence-corrected chi connectivity index (χ4v) is 3.31. The van der Waals surface area contributed by atoms with Crippen molar-refractivity contribution in [2.45, 2.75) is 11.6 Å². The number of thioether (sulfide) groups is 1. The van der Waals surface area contributed by atoms with E-state index >= 15 is 0 Å². The van der Waals surface area contributed by atoms with Gasteiger partial charge < -0.3 is 5.32 Å². The van der Waals surface area contributed by atoms with Crippen LogP contribution >= 0.6 is 35.0 Å². The highest BCUT2D eigenvalue weighted by Gasteiger charge is 2.11. The Hall–Kier alpha value is -2.02. The lowest BCUT2D eigenvalue weighted by molar-refractivity contribution is -0.113. The van der Waals surface area contributed by atoms with Crippen molar-refractivity contribution in [1.29, 1.82) is 0 Å². The van der Waals surface area contributed by atoms with E-state index in [9.17, 15) is 4.79 Å². The van der Waals surface area contributed by atoms with Crippen LogP contribution in [-0.4, -0.2) is 26.4 Å². The van der Waals surface area contributed by atoms with Crippen LogP contribution in [-0.2, 0) is 11.3 Å². The first-order chi connectivity index (χ1) is 12.1. The highest BCUT2D eigenvalue weighted by Crippen LogP contribution is 2.24. The van der Waals surface area contributed by atoms with E-state index < -0.39 is 0 Å². The Morgan fingerprint density at radius 3 is 2.68 bits per heavy atom. The number of benzene rings is 1. The van der Waals surface area contributed by atoms with Crippen molar-refractivity contribution in [3.05, 3.63) is 70.5 Å². The molecule has 1 aromatic carbocycles. The van der Waals surface area contributed by atoms with E-state index in [-0.39, 0.29) is 11.7 Å². The molecular weight excluding hydrogens is 379 g/mol. The molecule has 0 saturated heterocycles. The third-order valence-corrected chi connectivity index (χ3v) is 5.12. The summed E-state index contributed by atoms with van der Waals surface area (Å²) in [6, 6.07) is 12.8. The maximum Gasteiger partial charge on any atom is 0.235 e. The molecule has 5 nitrogen and oxygen atoms in total. The van der Waals surface area contributed by atoms with Crippen LogP contribution in [0, 0.1) is 0 Å². The Balaban J connectivity index is 1.62. The standard InChI is InChI=1S/C17H14Cl2N4OS/c18-13-5-2-1-4-12(13)10-23-15(7-9-21-23)22-16(24)11-25-17-14(19)6-3-8-20-17/h1-9H,10-11H2,(H,22,24). The van der Waals surface area contributed by atoms with Gasteiger partial charge in [-0.25, -0.2) is 9.67 Å². The van der Waals surface area contributed by atoms with E-state index in [1.165, 1.54) is 11.8 Å². The highest BCUT2D eigenvalue weighted by molar-refractivity contribution is 8.00. The quantitative estimate of drug-likeness (QED) is 0.632. The van der Waals surface area contributed by atoms with Crippen LogP contribution in [0.1, 0.15) is 5.56 Å². The summed E-state index contributed by atoms with van der Waals surface area (Å²) in [5.41, 5.74) is 0.929. The van der Waals surface area contributed by atoms with Crippen LogP contribution < -0.4 is 5.32 Å². The molecule has 1 N–H and O–H groups in total. The van der Waals surface area contributed by atoms with E-state index in [2.05, 4.69) is 15.4 Å². The van der Waals surface area contributed by atoms with Crippen molar-refractivity contribution in [2.24, 2.45) is 0 Å². The second-order valence-electron chi connectivity index (χ2n) is 5.09. The zero-order valence-electron chi connectivity index (χ0n) is 13.0. The summed E-state index contributed by atoms with van der Waals surface area (Å²) < 4.78 is 1.69. The number of halogens is 2. The van der Waals surface area contributed by atoms with Gasteiger partial charge in [-0.2, -0.15) is 5.10 Å². The topological polar surface area (TPSA) is 59.8 Å². The predicted octanol–water partition coefficient (Wildman–Crippen LogP) is 4.36. The van der Waals surface area contributed by atoms with Crippen molar-refractivity contribution in [3.8, 4) is 0 Å². The Kier molecular flexibility index (Phi) is 5.96. The van der Waals surface area contributed by atoms with E-state index in [4.69, 9.17) is 23.2 Å². The van der Waals surface area contributed by atoms with Crippen LogP contribution in [0.3, 0.4) is 0 Å². The second-order valence-corrected chi connectivity index (χ2v) is 6.87. The van der Waals surface area contributed by atoms with Gasteiger partial charge in [-0.05, 0) is 23.8 Å². The number of carbonyl (C=O) groups is 1. The molecule has 0 atom stereocenters. The normalized spacial score (nSPS) is 10.6. The number of rotatable bonds is 6. The average molecular weight is 393 g/mol. The molecule has 0 aliphatic heterocycles. The number of hydrogen-bond donors (Lipinski definition) is 1. The first-order valence-corrected chi connectivity index (χ1v) is 9.16. The number of nitrogens with zero attached hydrogens (tertiary/aromatic N) is 3. The number of anilines is 1. The van der Waals surface area contributed by atoms with Crippen molar-refractivity contribution in [1.82, 2.24) is 14.8 Å². The Labute approximate surface area is 159 Å². The van der Waals surface area contributed by atoms with E-state index in [0.717, 1.165) is 5.56 Å². The van der Waals surface area contributed by atoms with Crippen LogP contribution in [0.5, 0.6) is 0 Å². The summed E-state index contributed by atoms with van der Waals surface area (Å²) in [4.78, 5) is 16.3. The van der Waals surface area contributed by atoms with Crippen molar-refractivity contribution < 1.29 is 4.79 Å². The lowest BCUT2D eigenvalue weighted by atomic mass is 10.2. The van der Waals surface area contributed by atoms with Crippen LogP contribution in [0.25, 0.3) is 0 Å². The van der Waals surface area contributed by atoms with Gasteiger partial charge in [-0.1, -0.05) is 53.2 Å². The van der Waals surface area contributed by atoms with Gasteiger partial charge in [-0.15, -0.1) is 0 Å². The fraction of sp³-hybridized carbons (Fsp3) is 0.118. The Bertz CT molecular complexity index is 884. The maximum atomic E-state index is 12.2. The summed E-state index contributed by atoms with van der Waals surface area (Å²) in [7, 11) is 0. The molecule has 0 saturated carbocycles. The van der Waals surface area contributed by atoms with Gasteiger partial charge in [-0.3, -0.25) is 4.79 Å². The fourth-order valence-electron chi connectivity index (χ4n) is 2.14. The lowest BCUT2D eigenvalue weighted by Crippen LogP contribution is -2.18. The molecule has 1 amide bonds. The molecule has 3 rings (SSSR count). The summed E-state index contributed by atoms with van der Waals surface area (Å²) in [5.74, 6) is 0.652. The average Bonchev–Trinajstić information content (AvgIpc) is 3.03. The third kappa shape index (κ3) is 4.75. The number of carbonyl (C=O) groups excluding carboxylic acids is 1. The molecule has 0 aliphatic rings. The molecule has 0 bridgehead atoms. The van der Waals surface area contributed by atoms with Crippen molar-refractivity contribution in [2.75, 3.05) is 11.1 Å². The van der Waals surface area contributed by atoms with E-state index in [1.807, 2.05) is 24.3 Å². The number of amides is 1. The molecule has 2 heterocycles. The number of pyridine rings is 1. The summed E-state index contributed by atoms with van der Waals surface area (Å²) >= 11 is 13.5. The van der Waals surface area contributed by atoms with Gasteiger partial charge in [0.25, 0.3) is 0 Å². The van der Waals surface area contributed by atoms with Gasteiger partial charge in [0.2, 0.25) is 5.91 Å². The minimum atomic E-state index is -0.160. The smallest absolute Gasteiger partial charge is 0.235 e. The van der Waals surface area contributed by atoms with Crippen LogP contribution in [0.2, 0.25) is 10.0 Å². The third-order valence-electron chi connectivity index (χ3n) is 3.33. The minimum Gasteiger partial charge on any atom is -0.310 e. The molecule has 0 radical (unpaired) electrons. The van der Waals surface area contributed by atoms with Gasteiger partial charge in [0.15, 0.2) is 0 Å². The summed E-state index contributed by atoms with van der Waals surface area (Å²) in [6.07, 6.45) is 3.28. The molecule has 0 fully saturated rings. The molecule has 2 aromatic heterocycles. The van der Waals surface area contributed by atoms with Gasteiger partial charge in [0.05, 0.1) is 23.5 Å². The molecule has 0 spiro atoms. The van der Waals surface area contributed by atoms with Crippen molar-refractivity contribution in [3.63, 3.8) is 0 Å². The zero-order valence-corrected chi connectivity index (χ0v) is 15.4. The first kappa shape index (κ1) is 17.8. The SMILES string of the molecule is O=C(CSc1ncccc1Cl)Nc1ccnn1Cc1ccccc1Cl. The molecule has 3 aromatic rings. The largest absolute Gasteiger partial charge is 0.310 e. The zero-order chi connectivity index (χ0) is 17.6. The van der Waals surface area contributed by atoms with Gasteiger partial charge >= 0.3 is 0 Å². The molecule has 8 heteroatoms. The Morgan fingerprint density at radius 2 is 1.88 bits per heavy atom. The minimum absolute atomic E-state index is 0.160. The lowest BCUT2D eigenvalue weighted by Gasteiger charge is -2.10. The van der Waals surface area contributed by atoms with Crippen molar-refractivity contribution >= 4 is 46.7 Å². The van der Waals surface area contributed by atoms with Crippen LogP contribution in [0.15, 0.2) is 59.9 Å². The van der Waals surface area contributed by atoms with E-state index in [1.54, 1.807) is 35.3 Å². The van der Waals surface area contributed by atoms with E-state index in [0.29, 0.717) is 27.4 Å². The molecule has 0 aliphatic carbocycles. The molecule has 128 valence electrons. The highest BCUT2D eigenvalue weighted by atomic mass is 35.5. The number of nitrogens with one attached hydrogen (secondary N) is 1. The predicted molar refractivity (Wildman–Crippen MR) is 101 cm³/mol. The summed E-state index contributed by atoms with van der Waals surface area (Å²) in [6.45, 7) is 0.474. The Morgan fingerprint density at radius 1 is 1.08 bits per heavy atom. The molecule has 25 heavy (non-hydrogen) atoms. The maximum absolute atomic E-state index is 12.2.